The Kier molecular flexibility index (Phi) is 7.48. The summed E-state index contributed by atoms with van der Waals surface area (Å²) in [5, 5.41) is 0. The van der Waals surface area contributed by atoms with Gasteiger partial charge in [-0.15, -0.1) is 11.8 Å². The summed E-state index contributed by atoms with van der Waals surface area (Å²) in [4.78, 5) is 22.3. The highest BCUT2D eigenvalue weighted by atomic mass is 32.2. The Hall–Kier alpha value is -0.790. The molecule has 0 aromatic heterocycles. The van der Waals surface area contributed by atoms with Crippen molar-refractivity contribution in [3.8, 4) is 0 Å². The molecule has 1 aliphatic rings. The summed E-state index contributed by atoms with van der Waals surface area (Å²) < 4.78 is 21.9. The first-order valence-electron chi connectivity index (χ1n) is 7.01. The smallest absolute Gasteiger partial charge is 0.303 e. The lowest BCUT2D eigenvalue weighted by atomic mass is 9.93. The molecule has 1 rings (SSSR count). The van der Waals surface area contributed by atoms with Crippen molar-refractivity contribution in [2.75, 3.05) is 19.5 Å². The van der Waals surface area contributed by atoms with Crippen LogP contribution in [0.25, 0.3) is 0 Å². The molecule has 0 radical (unpaired) electrons. The summed E-state index contributed by atoms with van der Waals surface area (Å²) in [6, 6.07) is 0. The SMILES string of the molecule is CCS[C@H]1OC(COC(C)=O)[C@@H](OC(C)=O)[C@H](OC)C1C. The number of hydrogen-bond donors (Lipinski definition) is 0. The first-order chi connectivity index (χ1) is 9.90. The van der Waals surface area contributed by atoms with Gasteiger partial charge < -0.3 is 18.9 Å². The van der Waals surface area contributed by atoms with E-state index in [9.17, 15) is 9.59 Å². The van der Waals surface area contributed by atoms with E-state index in [-0.39, 0.29) is 24.1 Å². The molecule has 1 heterocycles. The van der Waals surface area contributed by atoms with Crippen LogP contribution in [0.2, 0.25) is 0 Å². The first kappa shape index (κ1) is 18.3. The van der Waals surface area contributed by atoms with E-state index in [2.05, 4.69) is 0 Å². The Labute approximate surface area is 129 Å². The Morgan fingerprint density at radius 1 is 1.19 bits per heavy atom. The van der Waals surface area contributed by atoms with Gasteiger partial charge in [0.2, 0.25) is 0 Å². The van der Waals surface area contributed by atoms with Gasteiger partial charge in [-0.2, -0.15) is 0 Å². The molecule has 0 bridgehead atoms. The van der Waals surface area contributed by atoms with Crippen LogP contribution < -0.4 is 0 Å². The van der Waals surface area contributed by atoms with Gasteiger partial charge in [0, 0.05) is 26.9 Å². The molecule has 1 fully saturated rings. The summed E-state index contributed by atoms with van der Waals surface area (Å²) in [5.74, 6) is 0.141. The third-order valence-corrected chi connectivity index (χ3v) is 4.50. The van der Waals surface area contributed by atoms with Crippen LogP contribution in [0.4, 0.5) is 0 Å². The van der Waals surface area contributed by atoms with Gasteiger partial charge in [0.15, 0.2) is 6.10 Å². The fraction of sp³-hybridized carbons (Fsp3) is 0.857. The predicted molar refractivity (Wildman–Crippen MR) is 78.9 cm³/mol. The Morgan fingerprint density at radius 3 is 2.33 bits per heavy atom. The van der Waals surface area contributed by atoms with Crippen molar-refractivity contribution in [1.29, 1.82) is 0 Å². The first-order valence-corrected chi connectivity index (χ1v) is 8.06. The predicted octanol–water partition coefficient (Wildman–Crippen LogP) is 1.61. The van der Waals surface area contributed by atoms with Gasteiger partial charge in [0.05, 0.1) is 0 Å². The van der Waals surface area contributed by atoms with Crippen LogP contribution in [0.1, 0.15) is 27.7 Å². The minimum Gasteiger partial charge on any atom is -0.463 e. The standard InChI is InChI=1S/C14H24O6S/c1-6-21-14-8(2)12(17-5)13(19-10(4)16)11(20-14)7-18-9(3)15/h8,11-14H,6-7H2,1-5H3/t8?,11?,12-,13-,14-/m1/s1. The molecular weight excluding hydrogens is 296 g/mol. The number of carbonyl (C=O) groups excluding carboxylic acids is 2. The van der Waals surface area contributed by atoms with E-state index in [0.29, 0.717) is 0 Å². The molecule has 5 atom stereocenters. The molecular formula is C14H24O6S. The van der Waals surface area contributed by atoms with Crippen LogP contribution >= 0.6 is 11.8 Å². The van der Waals surface area contributed by atoms with Gasteiger partial charge in [-0.05, 0) is 5.75 Å². The lowest BCUT2D eigenvalue weighted by Gasteiger charge is -2.43. The molecule has 21 heavy (non-hydrogen) atoms. The third-order valence-electron chi connectivity index (χ3n) is 3.30. The second kappa shape index (κ2) is 8.60. The minimum atomic E-state index is -0.587. The van der Waals surface area contributed by atoms with Crippen LogP contribution in [0, 0.1) is 5.92 Å². The number of esters is 2. The van der Waals surface area contributed by atoms with Crippen molar-refractivity contribution in [3.63, 3.8) is 0 Å². The van der Waals surface area contributed by atoms with E-state index in [0.717, 1.165) is 5.75 Å². The van der Waals surface area contributed by atoms with Crippen molar-refractivity contribution < 1.29 is 28.5 Å². The van der Waals surface area contributed by atoms with Gasteiger partial charge in [-0.1, -0.05) is 13.8 Å². The molecule has 7 heteroatoms. The van der Waals surface area contributed by atoms with E-state index in [1.54, 1.807) is 18.9 Å². The van der Waals surface area contributed by atoms with Crippen molar-refractivity contribution in [2.24, 2.45) is 5.92 Å². The highest BCUT2D eigenvalue weighted by Gasteiger charge is 2.46. The zero-order valence-corrected chi connectivity index (χ0v) is 14.0. The topological polar surface area (TPSA) is 71.1 Å². The fourth-order valence-corrected chi connectivity index (χ4v) is 3.42. The number of methoxy groups -OCH3 is 1. The molecule has 1 aliphatic heterocycles. The largest absolute Gasteiger partial charge is 0.463 e. The van der Waals surface area contributed by atoms with Crippen LogP contribution in [0.3, 0.4) is 0 Å². The summed E-state index contributed by atoms with van der Waals surface area (Å²) in [5.41, 5.74) is -0.0904. The van der Waals surface area contributed by atoms with E-state index >= 15 is 0 Å². The molecule has 0 aliphatic carbocycles. The average molecular weight is 320 g/mol. The molecule has 0 aromatic rings. The maximum atomic E-state index is 11.3. The molecule has 0 N–H and O–H groups in total. The lowest BCUT2D eigenvalue weighted by Crippen LogP contribution is -2.56. The maximum absolute atomic E-state index is 11.3. The van der Waals surface area contributed by atoms with Gasteiger partial charge in [0.25, 0.3) is 0 Å². The number of carbonyl (C=O) groups is 2. The molecule has 0 saturated carbocycles. The highest BCUT2D eigenvalue weighted by Crippen LogP contribution is 2.35. The van der Waals surface area contributed by atoms with Crippen molar-refractivity contribution in [3.05, 3.63) is 0 Å². The van der Waals surface area contributed by atoms with Gasteiger partial charge in [0.1, 0.15) is 24.3 Å². The quantitative estimate of drug-likeness (QED) is 0.689. The zero-order chi connectivity index (χ0) is 16.0. The number of thioether (sulfide) groups is 1. The summed E-state index contributed by atoms with van der Waals surface area (Å²) in [7, 11) is 1.58. The van der Waals surface area contributed by atoms with Crippen molar-refractivity contribution in [2.45, 2.75) is 51.4 Å². The summed E-state index contributed by atoms with van der Waals surface area (Å²) >= 11 is 1.66. The molecule has 1 saturated heterocycles. The minimum absolute atomic E-state index is 0.0423. The molecule has 0 amide bonds. The highest BCUT2D eigenvalue weighted by molar-refractivity contribution is 7.99. The van der Waals surface area contributed by atoms with E-state index < -0.39 is 24.1 Å². The van der Waals surface area contributed by atoms with Crippen LogP contribution in [-0.2, 0) is 28.5 Å². The zero-order valence-electron chi connectivity index (χ0n) is 13.2. The van der Waals surface area contributed by atoms with Gasteiger partial charge >= 0.3 is 11.9 Å². The lowest BCUT2D eigenvalue weighted by molar-refractivity contribution is -0.212. The van der Waals surface area contributed by atoms with E-state index in [4.69, 9.17) is 18.9 Å². The van der Waals surface area contributed by atoms with Crippen molar-refractivity contribution >= 4 is 23.7 Å². The van der Waals surface area contributed by atoms with Crippen LogP contribution in [0.15, 0.2) is 0 Å². The second-order valence-corrected chi connectivity index (χ2v) is 6.31. The van der Waals surface area contributed by atoms with Gasteiger partial charge in [-0.25, -0.2) is 0 Å². The van der Waals surface area contributed by atoms with Crippen LogP contribution in [-0.4, -0.2) is 55.2 Å². The fourth-order valence-electron chi connectivity index (χ4n) is 2.41. The normalized spacial score (nSPS) is 32.5. The molecule has 2 unspecified atom stereocenters. The monoisotopic (exact) mass is 320 g/mol. The summed E-state index contributed by atoms with van der Waals surface area (Å²) in [6.07, 6.45) is -1.41. The number of hydrogen-bond acceptors (Lipinski definition) is 7. The van der Waals surface area contributed by atoms with Gasteiger partial charge in [-0.3, -0.25) is 9.59 Å². The second-order valence-electron chi connectivity index (χ2n) is 4.93. The Morgan fingerprint density at radius 2 is 1.86 bits per heavy atom. The van der Waals surface area contributed by atoms with Crippen LogP contribution in [0.5, 0.6) is 0 Å². The van der Waals surface area contributed by atoms with E-state index in [1.165, 1.54) is 13.8 Å². The molecule has 122 valence electrons. The number of ether oxygens (including phenoxy) is 4. The third kappa shape index (κ3) is 5.16. The molecule has 0 aromatic carbocycles. The number of rotatable bonds is 6. The maximum Gasteiger partial charge on any atom is 0.303 e. The Bertz CT molecular complexity index is 361. The van der Waals surface area contributed by atoms with Crippen molar-refractivity contribution in [1.82, 2.24) is 0 Å². The average Bonchev–Trinajstić information content (AvgIpc) is 2.40. The molecule has 0 spiro atoms. The Balaban J connectivity index is 2.89. The molecule has 6 nitrogen and oxygen atoms in total. The summed E-state index contributed by atoms with van der Waals surface area (Å²) in [6.45, 7) is 6.76. The van der Waals surface area contributed by atoms with E-state index in [1.807, 2.05) is 13.8 Å².